The Morgan fingerprint density at radius 3 is 2.69 bits per heavy atom. The van der Waals surface area contributed by atoms with Gasteiger partial charge >= 0.3 is 5.97 Å². The van der Waals surface area contributed by atoms with Crippen molar-refractivity contribution in [2.75, 3.05) is 33.2 Å². The number of carbonyl (C=O) groups is 1. The summed E-state index contributed by atoms with van der Waals surface area (Å²) in [7, 11) is 2.11. The lowest BCUT2D eigenvalue weighted by Crippen LogP contribution is -2.43. The van der Waals surface area contributed by atoms with Crippen LogP contribution in [0.15, 0.2) is 16.7 Å². The first kappa shape index (κ1) is 11.2. The van der Waals surface area contributed by atoms with Crippen LogP contribution < -0.4 is 0 Å². The summed E-state index contributed by atoms with van der Waals surface area (Å²) in [6.07, 6.45) is 1.53. The number of nitrogens with zero attached hydrogens (tertiary/aromatic N) is 2. The van der Waals surface area contributed by atoms with Gasteiger partial charge in [0.2, 0.25) is 5.76 Å². The smallest absolute Gasteiger partial charge is 0.371 e. The number of aromatic carboxylic acids is 1. The molecule has 1 N–H and O–H groups in total. The third kappa shape index (κ3) is 2.62. The molecule has 0 unspecified atom stereocenters. The molecule has 1 aliphatic heterocycles. The van der Waals surface area contributed by atoms with E-state index in [1.54, 1.807) is 6.07 Å². The fourth-order valence-corrected chi connectivity index (χ4v) is 1.83. The van der Waals surface area contributed by atoms with Crippen molar-refractivity contribution in [3.05, 3.63) is 23.7 Å². The fraction of sp³-hybridized carbons (Fsp3) is 0.545. The van der Waals surface area contributed by atoms with Gasteiger partial charge < -0.3 is 14.4 Å². The van der Waals surface area contributed by atoms with Crippen LogP contribution in [0.3, 0.4) is 0 Å². The van der Waals surface area contributed by atoms with Crippen molar-refractivity contribution >= 4 is 5.97 Å². The minimum Gasteiger partial charge on any atom is -0.475 e. The van der Waals surface area contributed by atoms with Crippen molar-refractivity contribution in [3.8, 4) is 0 Å². The zero-order valence-corrected chi connectivity index (χ0v) is 9.35. The Bertz CT molecular complexity index is 367. The Hall–Kier alpha value is -1.33. The maximum absolute atomic E-state index is 10.6. The van der Waals surface area contributed by atoms with Gasteiger partial charge in [-0.15, -0.1) is 0 Å². The standard InChI is InChI=1S/C11H16N2O3/c1-12-2-4-13(5-3-12)7-9-6-10(11(14)15)16-8-9/h6,8H,2-5,7H2,1H3,(H,14,15). The number of likely N-dealkylation sites (N-methyl/N-ethyl adjacent to an activating group) is 1. The molecule has 5 nitrogen and oxygen atoms in total. The van der Waals surface area contributed by atoms with Crippen LogP contribution in [0.2, 0.25) is 0 Å². The summed E-state index contributed by atoms with van der Waals surface area (Å²) < 4.78 is 4.95. The average Bonchev–Trinajstić information content (AvgIpc) is 2.70. The Balaban J connectivity index is 1.91. The molecule has 1 aromatic rings. The molecule has 0 aromatic carbocycles. The Labute approximate surface area is 94.2 Å². The minimum atomic E-state index is -1.01. The number of piperazine rings is 1. The van der Waals surface area contributed by atoms with Gasteiger partial charge in [-0.05, 0) is 13.1 Å². The van der Waals surface area contributed by atoms with Gasteiger partial charge in [0.05, 0.1) is 6.26 Å². The molecule has 0 atom stereocenters. The molecule has 16 heavy (non-hydrogen) atoms. The lowest BCUT2D eigenvalue weighted by molar-refractivity contribution is 0.0662. The molecule has 0 aliphatic carbocycles. The average molecular weight is 224 g/mol. The Morgan fingerprint density at radius 2 is 2.12 bits per heavy atom. The topological polar surface area (TPSA) is 56.9 Å². The number of carboxylic acid groups (broad SMARTS) is 1. The van der Waals surface area contributed by atoms with Gasteiger partial charge in [-0.2, -0.15) is 0 Å². The van der Waals surface area contributed by atoms with E-state index in [-0.39, 0.29) is 5.76 Å². The second-order valence-electron chi connectivity index (χ2n) is 4.20. The maximum atomic E-state index is 10.6. The lowest BCUT2D eigenvalue weighted by Gasteiger charge is -2.31. The van der Waals surface area contributed by atoms with Crippen LogP contribution in [0.5, 0.6) is 0 Å². The Morgan fingerprint density at radius 1 is 1.44 bits per heavy atom. The molecule has 0 spiro atoms. The molecule has 0 radical (unpaired) electrons. The number of rotatable bonds is 3. The van der Waals surface area contributed by atoms with Crippen LogP contribution in [0.4, 0.5) is 0 Å². The van der Waals surface area contributed by atoms with E-state index in [9.17, 15) is 4.79 Å². The van der Waals surface area contributed by atoms with E-state index < -0.39 is 5.97 Å². The highest BCUT2D eigenvalue weighted by Crippen LogP contribution is 2.12. The van der Waals surface area contributed by atoms with Crippen molar-refractivity contribution in [2.24, 2.45) is 0 Å². The SMILES string of the molecule is CN1CCN(Cc2coc(C(=O)O)c2)CC1. The largest absolute Gasteiger partial charge is 0.475 e. The molecule has 0 bridgehead atoms. The van der Waals surface area contributed by atoms with Crippen molar-refractivity contribution in [3.63, 3.8) is 0 Å². The Kier molecular flexibility index (Phi) is 3.26. The highest BCUT2D eigenvalue weighted by Gasteiger charge is 2.16. The molecule has 5 heteroatoms. The molecule has 2 rings (SSSR count). The monoisotopic (exact) mass is 224 g/mol. The van der Waals surface area contributed by atoms with Crippen molar-refractivity contribution < 1.29 is 14.3 Å². The number of furan rings is 1. The molecule has 1 saturated heterocycles. The number of carboxylic acids is 1. The quantitative estimate of drug-likeness (QED) is 0.820. The third-order valence-electron chi connectivity index (χ3n) is 2.87. The fourth-order valence-electron chi connectivity index (χ4n) is 1.83. The normalized spacial score (nSPS) is 18.8. The molecule has 1 aromatic heterocycles. The predicted octanol–water partition coefficient (Wildman–Crippen LogP) is 0.725. The summed E-state index contributed by atoms with van der Waals surface area (Å²) in [6.45, 7) is 4.92. The first-order valence-electron chi connectivity index (χ1n) is 5.37. The summed E-state index contributed by atoms with van der Waals surface area (Å²) in [5.41, 5.74) is 0.932. The molecular weight excluding hydrogens is 208 g/mol. The van der Waals surface area contributed by atoms with Crippen molar-refractivity contribution in [2.45, 2.75) is 6.54 Å². The van der Waals surface area contributed by atoms with Crippen LogP contribution in [-0.4, -0.2) is 54.1 Å². The van der Waals surface area contributed by atoms with Crippen molar-refractivity contribution in [1.82, 2.24) is 9.80 Å². The minimum absolute atomic E-state index is 0.0177. The van der Waals surface area contributed by atoms with Gasteiger partial charge in [-0.3, -0.25) is 4.90 Å². The molecule has 0 amide bonds. The first-order valence-corrected chi connectivity index (χ1v) is 5.37. The van der Waals surface area contributed by atoms with Gasteiger partial charge in [0.25, 0.3) is 0 Å². The van der Waals surface area contributed by atoms with E-state index in [1.165, 1.54) is 6.26 Å². The van der Waals surface area contributed by atoms with E-state index in [4.69, 9.17) is 9.52 Å². The maximum Gasteiger partial charge on any atom is 0.371 e. The van der Waals surface area contributed by atoms with Crippen LogP contribution in [-0.2, 0) is 6.54 Å². The zero-order chi connectivity index (χ0) is 11.5. The van der Waals surface area contributed by atoms with E-state index in [2.05, 4.69) is 16.8 Å². The van der Waals surface area contributed by atoms with Crippen molar-refractivity contribution in [1.29, 1.82) is 0 Å². The highest BCUT2D eigenvalue weighted by molar-refractivity contribution is 5.84. The summed E-state index contributed by atoms with van der Waals surface area (Å²) in [5.74, 6) is -0.992. The molecule has 1 aliphatic rings. The third-order valence-corrected chi connectivity index (χ3v) is 2.87. The molecule has 88 valence electrons. The van der Waals surface area contributed by atoms with Gasteiger partial charge in [0, 0.05) is 38.3 Å². The number of hydrogen-bond donors (Lipinski definition) is 1. The molecule has 1 fully saturated rings. The second kappa shape index (κ2) is 4.67. The summed E-state index contributed by atoms with van der Waals surface area (Å²) >= 11 is 0. The zero-order valence-electron chi connectivity index (χ0n) is 9.35. The van der Waals surface area contributed by atoms with Crippen LogP contribution >= 0.6 is 0 Å². The summed E-state index contributed by atoms with van der Waals surface area (Å²) in [5, 5.41) is 8.72. The summed E-state index contributed by atoms with van der Waals surface area (Å²) in [4.78, 5) is 15.2. The van der Waals surface area contributed by atoms with E-state index in [1.807, 2.05) is 0 Å². The molecule has 0 saturated carbocycles. The van der Waals surface area contributed by atoms with Gasteiger partial charge in [-0.25, -0.2) is 4.79 Å². The van der Waals surface area contributed by atoms with Gasteiger partial charge in [0.15, 0.2) is 0 Å². The van der Waals surface area contributed by atoms with E-state index in [0.717, 1.165) is 38.3 Å². The number of hydrogen-bond acceptors (Lipinski definition) is 4. The molecular formula is C11H16N2O3. The van der Waals surface area contributed by atoms with E-state index >= 15 is 0 Å². The van der Waals surface area contributed by atoms with Crippen LogP contribution in [0.1, 0.15) is 16.1 Å². The second-order valence-corrected chi connectivity index (χ2v) is 4.20. The lowest BCUT2D eigenvalue weighted by atomic mass is 10.2. The molecule has 2 heterocycles. The first-order chi connectivity index (χ1) is 7.65. The summed E-state index contributed by atoms with van der Waals surface area (Å²) in [6, 6.07) is 1.60. The predicted molar refractivity (Wildman–Crippen MR) is 58.4 cm³/mol. The van der Waals surface area contributed by atoms with Gasteiger partial charge in [-0.1, -0.05) is 0 Å². The van der Waals surface area contributed by atoms with E-state index in [0.29, 0.717) is 0 Å². The van der Waals surface area contributed by atoms with Gasteiger partial charge in [0.1, 0.15) is 0 Å². The highest BCUT2D eigenvalue weighted by atomic mass is 16.4. The van der Waals surface area contributed by atoms with Crippen LogP contribution in [0.25, 0.3) is 0 Å². The van der Waals surface area contributed by atoms with Crippen LogP contribution in [0, 0.1) is 0 Å².